The highest BCUT2D eigenvalue weighted by atomic mass is 16.6. The maximum Gasteiger partial charge on any atom is 0.338 e. The first-order valence-corrected chi connectivity index (χ1v) is 8.50. The molecule has 1 aliphatic carbocycles. The minimum atomic E-state index is -0.741. The maximum absolute atomic E-state index is 11.8. The van der Waals surface area contributed by atoms with E-state index in [1.807, 2.05) is 0 Å². The highest BCUT2D eigenvalue weighted by molar-refractivity contribution is 5.95. The number of imide groups is 1. The number of hydrogen-bond acceptors (Lipinski definition) is 7. The van der Waals surface area contributed by atoms with Crippen LogP contribution in [0.4, 0.5) is 10.5 Å². The van der Waals surface area contributed by atoms with Gasteiger partial charge in [0.05, 0.1) is 17.6 Å². The van der Waals surface area contributed by atoms with Crippen molar-refractivity contribution in [1.82, 2.24) is 10.6 Å². The molecule has 1 saturated carbocycles. The van der Waals surface area contributed by atoms with Crippen LogP contribution in [0, 0.1) is 10.1 Å². The molecule has 3 amide bonds. The van der Waals surface area contributed by atoms with Crippen LogP contribution in [0.1, 0.15) is 42.5 Å². The lowest BCUT2D eigenvalue weighted by atomic mass is 9.96. The molecule has 0 unspecified atom stereocenters. The summed E-state index contributed by atoms with van der Waals surface area (Å²) in [6.07, 6.45) is 4.95. The zero-order valence-corrected chi connectivity index (χ0v) is 14.9. The predicted octanol–water partition coefficient (Wildman–Crippen LogP) is 1.92. The number of urea groups is 1. The zero-order valence-electron chi connectivity index (χ0n) is 14.9. The number of carbonyl (C=O) groups is 3. The molecule has 1 aromatic carbocycles. The molecular formula is C17H21N3O7. The number of nitro benzene ring substituents is 1. The second-order valence-electron chi connectivity index (χ2n) is 6.08. The van der Waals surface area contributed by atoms with Crippen molar-refractivity contribution in [3.8, 4) is 5.75 Å². The first-order valence-electron chi connectivity index (χ1n) is 8.50. The van der Waals surface area contributed by atoms with Gasteiger partial charge in [-0.3, -0.25) is 20.2 Å². The third kappa shape index (κ3) is 5.94. The Hall–Kier alpha value is -3.17. The Kier molecular flexibility index (Phi) is 7.09. The van der Waals surface area contributed by atoms with Crippen LogP contribution in [-0.2, 0) is 9.53 Å². The SMILES string of the molecule is COC(=O)c1ccc(OCC(=O)NC(=O)NC2CCCCC2)c([N+](=O)[O-])c1. The molecule has 0 atom stereocenters. The van der Waals surface area contributed by atoms with E-state index in [4.69, 9.17) is 4.74 Å². The van der Waals surface area contributed by atoms with Crippen LogP contribution in [-0.4, -0.2) is 42.6 Å². The van der Waals surface area contributed by atoms with E-state index in [0.29, 0.717) is 0 Å². The fourth-order valence-electron chi connectivity index (χ4n) is 2.80. The fraction of sp³-hybridized carbons (Fsp3) is 0.471. The van der Waals surface area contributed by atoms with Crippen LogP contribution in [0.5, 0.6) is 5.75 Å². The lowest BCUT2D eigenvalue weighted by Crippen LogP contribution is -2.46. The summed E-state index contributed by atoms with van der Waals surface area (Å²) >= 11 is 0. The third-order valence-corrected chi connectivity index (χ3v) is 4.13. The Morgan fingerprint density at radius 1 is 1.22 bits per heavy atom. The minimum absolute atomic E-state index is 0.0205. The molecule has 10 nitrogen and oxygen atoms in total. The van der Waals surface area contributed by atoms with Crippen molar-refractivity contribution in [2.75, 3.05) is 13.7 Å². The molecule has 1 fully saturated rings. The van der Waals surface area contributed by atoms with Crippen molar-refractivity contribution in [2.45, 2.75) is 38.1 Å². The number of nitro groups is 1. The van der Waals surface area contributed by atoms with Gasteiger partial charge in [-0.2, -0.15) is 0 Å². The van der Waals surface area contributed by atoms with Crippen molar-refractivity contribution in [3.05, 3.63) is 33.9 Å². The van der Waals surface area contributed by atoms with Crippen LogP contribution >= 0.6 is 0 Å². The van der Waals surface area contributed by atoms with Gasteiger partial charge in [-0.05, 0) is 25.0 Å². The van der Waals surface area contributed by atoms with Gasteiger partial charge in [-0.25, -0.2) is 9.59 Å². The molecular weight excluding hydrogens is 358 g/mol. The topological polar surface area (TPSA) is 137 Å². The van der Waals surface area contributed by atoms with Gasteiger partial charge in [0.15, 0.2) is 12.4 Å². The summed E-state index contributed by atoms with van der Waals surface area (Å²) in [5.41, 5.74) is -0.509. The van der Waals surface area contributed by atoms with Gasteiger partial charge in [0.25, 0.3) is 5.91 Å². The summed E-state index contributed by atoms with van der Waals surface area (Å²) in [6, 6.07) is 2.89. The van der Waals surface area contributed by atoms with Gasteiger partial charge in [0.1, 0.15) is 0 Å². The molecule has 10 heteroatoms. The van der Waals surface area contributed by atoms with Crippen molar-refractivity contribution >= 4 is 23.6 Å². The maximum atomic E-state index is 11.8. The Labute approximate surface area is 155 Å². The summed E-state index contributed by atoms with van der Waals surface area (Å²) in [5.74, 6) is -1.67. The van der Waals surface area contributed by atoms with E-state index in [1.54, 1.807) is 0 Å². The van der Waals surface area contributed by atoms with E-state index in [-0.39, 0.29) is 17.4 Å². The highest BCUT2D eigenvalue weighted by Crippen LogP contribution is 2.28. The number of carbonyl (C=O) groups excluding carboxylic acids is 3. The van der Waals surface area contributed by atoms with Crippen LogP contribution in [0.25, 0.3) is 0 Å². The predicted molar refractivity (Wildman–Crippen MR) is 93.5 cm³/mol. The summed E-state index contributed by atoms with van der Waals surface area (Å²) in [4.78, 5) is 45.5. The molecule has 1 aliphatic rings. The van der Waals surface area contributed by atoms with Gasteiger partial charge in [-0.1, -0.05) is 19.3 Å². The second kappa shape index (κ2) is 9.51. The van der Waals surface area contributed by atoms with E-state index in [1.165, 1.54) is 12.1 Å². The number of nitrogens with zero attached hydrogens (tertiary/aromatic N) is 1. The normalized spacial score (nSPS) is 14.1. The number of ether oxygens (including phenoxy) is 2. The number of esters is 1. The molecule has 27 heavy (non-hydrogen) atoms. The lowest BCUT2D eigenvalue weighted by molar-refractivity contribution is -0.385. The highest BCUT2D eigenvalue weighted by Gasteiger charge is 2.21. The zero-order chi connectivity index (χ0) is 19.8. The summed E-state index contributed by atoms with van der Waals surface area (Å²) < 4.78 is 9.64. The molecule has 0 bridgehead atoms. The average Bonchev–Trinajstić information content (AvgIpc) is 2.66. The number of rotatable bonds is 6. The summed E-state index contributed by atoms with van der Waals surface area (Å²) in [6.45, 7) is -0.587. The molecule has 0 saturated heterocycles. The van der Waals surface area contributed by atoms with Gasteiger partial charge < -0.3 is 14.8 Å². The molecule has 2 N–H and O–H groups in total. The van der Waals surface area contributed by atoms with Crippen LogP contribution < -0.4 is 15.4 Å². The molecule has 0 heterocycles. The van der Waals surface area contributed by atoms with Gasteiger partial charge in [-0.15, -0.1) is 0 Å². The number of nitrogens with one attached hydrogen (secondary N) is 2. The minimum Gasteiger partial charge on any atom is -0.477 e. The number of hydrogen-bond donors (Lipinski definition) is 2. The van der Waals surface area contributed by atoms with Crippen molar-refractivity contribution in [3.63, 3.8) is 0 Å². The summed E-state index contributed by atoms with van der Waals surface area (Å²) in [5, 5.41) is 16.0. The Morgan fingerprint density at radius 3 is 2.56 bits per heavy atom. The third-order valence-electron chi connectivity index (χ3n) is 4.13. The van der Waals surface area contributed by atoms with Crippen molar-refractivity contribution in [1.29, 1.82) is 0 Å². The number of amides is 3. The molecule has 1 aromatic rings. The molecule has 0 radical (unpaired) electrons. The van der Waals surface area contributed by atoms with E-state index < -0.39 is 35.1 Å². The standard InChI is InChI=1S/C17H21N3O7/c1-26-16(22)11-7-8-14(13(9-11)20(24)25)27-10-15(21)19-17(23)18-12-5-3-2-4-6-12/h7-9,12H,2-6,10H2,1H3,(H2,18,19,21,23). The Bertz CT molecular complexity index is 729. The average molecular weight is 379 g/mol. The molecule has 0 aliphatic heterocycles. The summed E-state index contributed by atoms with van der Waals surface area (Å²) in [7, 11) is 1.15. The Balaban J connectivity index is 1.90. The lowest BCUT2D eigenvalue weighted by Gasteiger charge is -2.22. The fourth-order valence-corrected chi connectivity index (χ4v) is 2.80. The second-order valence-corrected chi connectivity index (χ2v) is 6.08. The van der Waals surface area contributed by atoms with Gasteiger partial charge in [0, 0.05) is 12.1 Å². The molecule has 2 rings (SSSR count). The molecule has 146 valence electrons. The van der Waals surface area contributed by atoms with E-state index >= 15 is 0 Å². The van der Waals surface area contributed by atoms with Gasteiger partial charge >= 0.3 is 17.7 Å². The smallest absolute Gasteiger partial charge is 0.338 e. The first-order chi connectivity index (χ1) is 12.9. The quantitative estimate of drug-likeness (QED) is 0.437. The van der Waals surface area contributed by atoms with Crippen LogP contribution in [0.3, 0.4) is 0 Å². The van der Waals surface area contributed by atoms with E-state index in [9.17, 15) is 24.5 Å². The molecule has 0 aromatic heterocycles. The van der Waals surface area contributed by atoms with E-state index in [0.717, 1.165) is 45.3 Å². The van der Waals surface area contributed by atoms with Crippen LogP contribution in [0.15, 0.2) is 18.2 Å². The van der Waals surface area contributed by atoms with E-state index in [2.05, 4.69) is 15.4 Å². The Morgan fingerprint density at radius 2 is 1.93 bits per heavy atom. The molecule has 0 spiro atoms. The van der Waals surface area contributed by atoms with Crippen molar-refractivity contribution < 1.29 is 28.8 Å². The first kappa shape index (κ1) is 20.1. The van der Waals surface area contributed by atoms with Crippen LogP contribution in [0.2, 0.25) is 0 Å². The van der Waals surface area contributed by atoms with Crippen molar-refractivity contribution in [2.24, 2.45) is 0 Å². The number of benzene rings is 1. The number of methoxy groups -OCH3 is 1. The monoisotopic (exact) mass is 379 g/mol. The van der Waals surface area contributed by atoms with Gasteiger partial charge in [0.2, 0.25) is 0 Å². The largest absolute Gasteiger partial charge is 0.477 e.